The van der Waals surface area contributed by atoms with Crippen LogP contribution in [0.25, 0.3) is 0 Å². The highest BCUT2D eigenvalue weighted by Gasteiger charge is 2.37. The van der Waals surface area contributed by atoms with E-state index in [1.807, 2.05) is 0 Å². The molecule has 2 aliphatic rings. The average Bonchev–Trinajstić information content (AvgIpc) is 3.29. The Morgan fingerprint density at radius 3 is 2.83 bits per heavy atom. The first-order chi connectivity index (χ1) is 14.3. The number of sulfone groups is 1. The van der Waals surface area contributed by atoms with Crippen LogP contribution >= 0.6 is 11.3 Å². The maximum atomic E-state index is 13.9. The van der Waals surface area contributed by atoms with Gasteiger partial charge in [-0.25, -0.2) is 17.8 Å². The number of hydrazone groups is 1. The van der Waals surface area contributed by atoms with Gasteiger partial charge in [0, 0.05) is 30.0 Å². The van der Waals surface area contributed by atoms with Crippen LogP contribution < -0.4 is 4.80 Å². The predicted octanol–water partition coefficient (Wildman–Crippen LogP) is 1.33. The first-order valence-corrected chi connectivity index (χ1v) is 12.1. The number of amides is 2. The normalized spacial score (nSPS) is 21.7. The van der Waals surface area contributed by atoms with Crippen LogP contribution in [-0.4, -0.2) is 53.1 Å². The second kappa shape index (κ2) is 8.23. The van der Waals surface area contributed by atoms with E-state index in [0.29, 0.717) is 16.8 Å². The van der Waals surface area contributed by atoms with E-state index in [1.165, 1.54) is 17.4 Å². The SMILES string of the molecule is O=C(N=c1sccn1Cc1ccccc1F)C1=NN(C2CCS(=O)(=O)C2)C(=O)CC1. The van der Waals surface area contributed by atoms with Gasteiger partial charge in [0.25, 0.3) is 5.91 Å². The maximum Gasteiger partial charge on any atom is 0.295 e. The van der Waals surface area contributed by atoms with E-state index in [0.717, 1.165) is 5.01 Å². The summed E-state index contributed by atoms with van der Waals surface area (Å²) in [4.78, 5) is 29.4. The summed E-state index contributed by atoms with van der Waals surface area (Å²) in [7, 11) is -3.19. The van der Waals surface area contributed by atoms with Gasteiger partial charge in [0.05, 0.1) is 24.1 Å². The monoisotopic (exact) mass is 450 g/mol. The minimum atomic E-state index is -3.19. The Labute approximate surface area is 176 Å². The molecular weight excluding hydrogens is 431 g/mol. The number of halogens is 1. The fraction of sp³-hybridized carbons (Fsp3) is 0.368. The van der Waals surface area contributed by atoms with Crippen molar-refractivity contribution in [2.45, 2.75) is 31.8 Å². The molecule has 1 unspecified atom stereocenters. The molecule has 30 heavy (non-hydrogen) atoms. The van der Waals surface area contributed by atoms with Crippen LogP contribution in [0.15, 0.2) is 45.9 Å². The number of benzene rings is 1. The number of nitrogens with zero attached hydrogens (tertiary/aromatic N) is 4. The van der Waals surface area contributed by atoms with E-state index >= 15 is 0 Å². The zero-order chi connectivity index (χ0) is 21.3. The highest BCUT2D eigenvalue weighted by molar-refractivity contribution is 7.91. The molecule has 11 heteroatoms. The van der Waals surface area contributed by atoms with Gasteiger partial charge in [0.2, 0.25) is 5.91 Å². The summed E-state index contributed by atoms with van der Waals surface area (Å²) in [5.74, 6) is -1.35. The molecule has 1 aromatic carbocycles. The van der Waals surface area contributed by atoms with Gasteiger partial charge in [-0.05, 0) is 12.5 Å². The Bertz CT molecular complexity index is 1200. The van der Waals surface area contributed by atoms with Crippen LogP contribution in [0.5, 0.6) is 0 Å². The van der Waals surface area contributed by atoms with Crippen molar-refractivity contribution < 1.29 is 22.4 Å². The maximum absolute atomic E-state index is 13.9. The number of carbonyl (C=O) groups is 2. The molecule has 0 saturated carbocycles. The summed E-state index contributed by atoms with van der Waals surface area (Å²) in [5, 5.41) is 7.03. The molecule has 2 amide bonds. The minimum absolute atomic E-state index is 0.00978. The molecule has 3 heterocycles. The largest absolute Gasteiger partial charge is 0.319 e. The van der Waals surface area contributed by atoms with Gasteiger partial charge in [-0.3, -0.25) is 9.59 Å². The van der Waals surface area contributed by atoms with E-state index in [4.69, 9.17) is 0 Å². The van der Waals surface area contributed by atoms with Crippen molar-refractivity contribution in [2.75, 3.05) is 11.5 Å². The molecule has 0 spiro atoms. The third-order valence-corrected chi connectivity index (χ3v) is 7.56. The van der Waals surface area contributed by atoms with Crippen molar-refractivity contribution in [1.29, 1.82) is 0 Å². The van der Waals surface area contributed by atoms with E-state index in [-0.39, 0.29) is 48.3 Å². The van der Waals surface area contributed by atoms with Crippen LogP contribution in [0.3, 0.4) is 0 Å². The summed E-state index contributed by atoms with van der Waals surface area (Å²) in [5.41, 5.74) is 0.587. The number of carbonyl (C=O) groups excluding carboxylic acids is 2. The van der Waals surface area contributed by atoms with Crippen molar-refractivity contribution in [3.05, 3.63) is 52.0 Å². The predicted molar refractivity (Wildman–Crippen MR) is 109 cm³/mol. The summed E-state index contributed by atoms with van der Waals surface area (Å²) >= 11 is 1.23. The zero-order valence-corrected chi connectivity index (χ0v) is 17.5. The van der Waals surface area contributed by atoms with Crippen molar-refractivity contribution >= 4 is 38.7 Å². The van der Waals surface area contributed by atoms with E-state index in [1.54, 1.807) is 34.3 Å². The quantitative estimate of drug-likeness (QED) is 0.701. The van der Waals surface area contributed by atoms with Gasteiger partial charge in [0.1, 0.15) is 11.5 Å². The highest BCUT2D eigenvalue weighted by Crippen LogP contribution is 2.22. The molecule has 0 aliphatic carbocycles. The second-order valence-corrected chi connectivity index (χ2v) is 10.3. The molecule has 2 aliphatic heterocycles. The number of thiazole rings is 1. The standard InChI is InChI=1S/C19H19FN4O4S2/c20-15-4-2-1-3-13(15)11-23-8-9-29-19(23)21-18(26)16-5-6-17(25)24(22-16)14-7-10-30(27,28)12-14/h1-4,8-9,14H,5-7,10-12H2. The van der Waals surface area contributed by atoms with Gasteiger partial charge in [-0.15, -0.1) is 11.3 Å². The minimum Gasteiger partial charge on any atom is -0.319 e. The zero-order valence-electron chi connectivity index (χ0n) is 15.9. The van der Waals surface area contributed by atoms with E-state index < -0.39 is 21.8 Å². The van der Waals surface area contributed by atoms with E-state index in [9.17, 15) is 22.4 Å². The lowest BCUT2D eigenvalue weighted by Crippen LogP contribution is -2.41. The topological polar surface area (TPSA) is 101 Å². The van der Waals surface area contributed by atoms with Crippen LogP contribution in [0.4, 0.5) is 4.39 Å². The first kappa shape index (κ1) is 20.6. The molecule has 1 fully saturated rings. The molecule has 0 bridgehead atoms. The fourth-order valence-electron chi connectivity index (χ4n) is 3.45. The van der Waals surface area contributed by atoms with Crippen LogP contribution in [0.1, 0.15) is 24.8 Å². The number of hydrogen-bond acceptors (Lipinski definition) is 6. The van der Waals surface area contributed by atoms with Crippen LogP contribution in [0.2, 0.25) is 0 Å². The third kappa shape index (κ3) is 4.41. The number of rotatable bonds is 4. The van der Waals surface area contributed by atoms with Crippen LogP contribution in [-0.2, 0) is 26.0 Å². The molecule has 1 saturated heterocycles. The van der Waals surface area contributed by atoms with Gasteiger partial charge in [0.15, 0.2) is 14.6 Å². The molecule has 1 atom stereocenters. The molecule has 8 nitrogen and oxygen atoms in total. The van der Waals surface area contributed by atoms with Crippen molar-refractivity contribution in [3.8, 4) is 0 Å². The van der Waals surface area contributed by atoms with Crippen molar-refractivity contribution in [1.82, 2.24) is 9.58 Å². The Hall–Kier alpha value is -2.66. The van der Waals surface area contributed by atoms with Crippen LogP contribution in [0, 0.1) is 5.82 Å². The number of hydrogen-bond donors (Lipinski definition) is 0. The fourth-order valence-corrected chi connectivity index (χ4v) is 5.87. The molecule has 1 aromatic heterocycles. The number of aromatic nitrogens is 1. The molecule has 2 aromatic rings. The third-order valence-electron chi connectivity index (χ3n) is 5.02. The van der Waals surface area contributed by atoms with Crippen molar-refractivity contribution in [3.63, 3.8) is 0 Å². The molecule has 4 rings (SSSR count). The molecule has 0 N–H and O–H groups in total. The molecular formula is C19H19FN4O4S2. The first-order valence-electron chi connectivity index (χ1n) is 9.39. The van der Waals surface area contributed by atoms with Gasteiger partial charge < -0.3 is 4.57 Å². The van der Waals surface area contributed by atoms with Gasteiger partial charge in [-0.2, -0.15) is 10.1 Å². The smallest absolute Gasteiger partial charge is 0.295 e. The van der Waals surface area contributed by atoms with Gasteiger partial charge in [-0.1, -0.05) is 18.2 Å². The summed E-state index contributed by atoms with van der Waals surface area (Å²) in [6.07, 6.45) is 2.25. The lowest BCUT2D eigenvalue weighted by atomic mass is 10.1. The summed E-state index contributed by atoms with van der Waals surface area (Å²) in [6.45, 7) is 0.222. The second-order valence-electron chi connectivity index (χ2n) is 7.16. The highest BCUT2D eigenvalue weighted by atomic mass is 32.2. The Morgan fingerprint density at radius 1 is 1.30 bits per heavy atom. The average molecular weight is 451 g/mol. The van der Waals surface area contributed by atoms with Crippen molar-refractivity contribution in [2.24, 2.45) is 10.1 Å². The lowest BCUT2D eigenvalue weighted by molar-refractivity contribution is -0.133. The Kier molecular flexibility index (Phi) is 5.65. The van der Waals surface area contributed by atoms with Gasteiger partial charge >= 0.3 is 0 Å². The molecule has 158 valence electrons. The molecule has 0 radical (unpaired) electrons. The summed E-state index contributed by atoms with van der Waals surface area (Å²) < 4.78 is 39.1. The Balaban J connectivity index is 1.57. The Morgan fingerprint density at radius 2 is 2.10 bits per heavy atom. The summed E-state index contributed by atoms with van der Waals surface area (Å²) in [6, 6.07) is 5.83. The van der Waals surface area contributed by atoms with E-state index in [2.05, 4.69) is 10.1 Å². The lowest BCUT2D eigenvalue weighted by Gasteiger charge is -2.27.